The fourth-order valence-corrected chi connectivity index (χ4v) is 2.12. The summed E-state index contributed by atoms with van der Waals surface area (Å²) >= 11 is 11.9. The molecule has 0 aromatic heterocycles. The highest BCUT2D eigenvalue weighted by molar-refractivity contribution is 6.44. The van der Waals surface area contributed by atoms with E-state index in [0.29, 0.717) is 22.0 Å². The number of hydrogen-bond donors (Lipinski definition) is 1. The number of anilines is 1. The molecule has 0 heterocycles. The molecular formula is C15H10Cl2N2O2. The Hall–Kier alpha value is -2.22. The van der Waals surface area contributed by atoms with Crippen molar-refractivity contribution in [3.63, 3.8) is 0 Å². The van der Waals surface area contributed by atoms with Gasteiger partial charge in [0.05, 0.1) is 40.0 Å². The lowest BCUT2D eigenvalue weighted by Crippen LogP contribution is -2.13. The number of hydrogen-bond acceptors (Lipinski definition) is 3. The van der Waals surface area contributed by atoms with Crippen molar-refractivity contribution in [1.82, 2.24) is 0 Å². The van der Waals surface area contributed by atoms with Crippen molar-refractivity contribution in [2.24, 2.45) is 0 Å². The summed E-state index contributed by atoms with van der Waals surface area (Å²) in [7, 11) is 1.46. The van der Waals surface area contributed by atoms with Gasteiger partial charge in [-0.3, -0.25) is 4.79 Å². The Morgan fingerprint density at radius 1 is 1.29 bits per heavy atom. The molecule has 2 rings (SSSR count). The Kier molecular flexibility index (Phi) is 4.69. The van der Waals surface area contributed by atoms with Crippen molar-refractivity contribution < 1.29 is 9.53 Å². The van der Waals surface area contributed by atoms with Crippen LogP contribution < -0.4 is 10.1 Å². The van der Waals surface area contributed by atoms with Crippen LogP contribution in [0.2, 0.25) is 10.0 Å². The molecule has 6 heteroatoms. The zero-order valence-corrected chi connectivity index (χ0v) is 12.5. The molecule has 0 fully saturated rings. The van der Waals surface area contributed by atoms with Crippen LogP contribution >= 0.6 is 23.2 Å². The third-order valence-electron chi connectivity index (χ3n) is 2.78. The first kappa shape index (κ1) is 15.2. The van der Waals surface area contributed by atoms with Gasteiger partial charge < -0.3 is 10.1 Å². The van der Waals surface area contributed by atoms with Crippen molar-refractivity contribution in [3.8, 4) is 11.8 Å². The van der Waals surface area contributed by atoms with E-state index in [1.165, 1.54) is 13.2 Å². The molecule has 1 amide bonds. The highest BCUT2D eigenvalue weighted by Gasteiger charge is 2.14. The number of nitriles is 1. The molecule has 0 saturated heterocycles. The molecule has 0 atom stereocenters. The van der Waals surface area contributed by atoms with Crippen molar-refractivity contribution in [3.05, 3.63) is 57.6 Å². The van der Waals surface area contributed by atoms with Gasteiger partial charge in [0.15, 0.2) is 0 Å². The van der Waals surface area contributed by atoms with Crippen LogP contribution in [-0.4, -0.2) is 13.0 Å². The van der Waals surface area contributed by atoms with Crippen LogP contribution in [0.3, 0.4) is 0 Å². The summed E-state index contributed by atoms with van der Waals surface area (Å²) in [5, 5.41) is 12.0. The largest absolute Gasteiger partial charge is 0.495 e. The van der Waals surface area contributed by atoms with Crippen molar-refractivity contribution in [2.75, 3.05) is 12.4 Å². The van der Waals surface area contributed by atoms with E-state index in [1.807, 2.05) is 6.07 Å². The maximum atomic E-state index is 12.2. The van der Waals surface area contributed by atoms with Gasteiger partial charge in [0.2, 0.25) is 0 Å². The van der Waals surface area contributed by atoms with E-state index in [1.54, 1.807) is 30.3 Å². The minimum absolute atomic E-state index is 0.185. The molecule has 2 aromatic rings. The third kappa shape index (κ3) is 3.27. The number of methoxy groups -OCH3 is 1. The van der Waals surface area contributed by atoms with E-state index in [4.69, 9.17) is 33.2 Å². The Morgan fingerprint density at radius 2 is 2.05 bits per heavy atom. The van der Waals surface area contributed by atoms with Crippen LogP contribution in [0.1, 0.15) is 15.9 Å². The van der Waals surface area contributed by atoms with Crippen LogP contribution in [0.4, 0.5) is 5.69 Å². The Labute approximate surface area is 131 Å². The molecule has 0 aliphatic heterocycles. The number of carbonyl (C=O) groups is 1. The van der Waals surface area contributed by atoms with Gasteiger partial charge in [0.25, 0.3) is 5.91 Å². The SMILES string of the molecule is COc1cc(C#N)ccc1NC(=O)c1cccc(Cl)c1Cl. The summed E-state index contributed by atoms with van der Waals surface area (Å²) in [6, 6.07) is 11.5. The molecule has 0 saturated carbocycles. The van der Waals surface area contributed by atoms with Crippen LogP contribution in [0, 0.1) is 11.3 Å². The lowest BCUT2D eigenvalue weighted by Gasteiger charge is -2.11. The van der Waals surface area contributed by atoms with E-state index in [0.717, 1.165) is 0 Å². The maximum Gasteiger partial charge on any atom is 0.257 e. The predicted molar refractivity (Wildman–Crippen MR) is 82.1 cm³/mol. The van der Waals surface area contributed by atoms with Gasteiger partial charge >= 0.3 is 0 Å². The number of nitrogens with one attached hydrogen (secondary N) is 1. The normalized spacial score (nSPS) is 9.81. The second-order valence-electron chi connectivity index (χ2n) is 4.08. The van der Waals surface area contributed by atoms with Gasteiger partial charge in [0.1, 0.15) is 5.75 Å². The van der Waals surface area contributed by atoms with Gasteiger partial charge in [-0.25, -0.2) is 0 Å². The number of carbonyl (C=O) groups excluding carboxylic acids is 1. The van der Waals surface area contributed by atoms with E-state index < -0.39 is 5.91 Å². The molecule has 4 nitrogen and oxygen atoms in total. The van der Waals surface area contributed by atoms with Gasteiger partial charge in [-0.05, 0) is 24.3 Å². The van der Waals surface area contributed by atoms with E-state index in [-0.39, 0.29) is 10.6 Å². The molecule has 106 valence electrons. The average molecular weight is 321 g/mol. The van der Waals surface area contributed by atoms with E-state index >= 15 is 0 Å². The minimum atomic E-state index is -0.412. The number of ether oxygens (including phenoxy) is 1. The second kappa shape index (κ2) is 6.49. The van der Waals surface area contributed by atoms with Crippen LogP contribution in [0.15, 0.2) is 36.4 Å². The highest BCUT2D eigenvalue weighted by Crippen LogP contribution is 2.29. The molecule has 0 spiro atoms. The molecule has 21 heavy (non-hydrogen) atoms. The highest BCUT2D eigenvalue weighted by atomic mass is 35.5. The van der Waals surface area contributed by atoms with Gasteiger partial charge in [-0.2, -0.15) is 5.26 Å². The number of rotatable bonds is 3. The lowest BCUT2D eigenvalue weighted by atomic mass is 10.1. The zero-order chi connectivity index (χ0) is 15.4. The molecule has 0 unspecified atom stereocenters. The van der Waals surface area contributed by atoms with Gasteiger partial charge in [0, 0.05) is 6.07 Å². The van der Waals surface area contributed by atoms with Crippen molar-refractivity contribution in [1.29, 1.82) is 5.26 Å². The third-order valence-corrected chi connectivity index (χ3v) is 3.59. The standard InChI is InChI=1S/C15H10Cl2N2O2/c1-21-13-7-9(8-18)5-6-12(13)19-15(20)10-3-2-4-11(16)14(10)17/h2-7H,1H3,(H,19,20). The molecule has 2 aromatic carbocycles. The first-order valence-corrected chi connectivity index (χ1v) is 6.66. The zero-order valence-electron chi connectivity index (χ0n) is 11.0. The minimum Gasteiger partial charge on any atom is -0.495 e. The van der Waals surface area contributed by atoms with Crippen molar-refractivity contribution >= 4 is 34.8 Å². The van der Waals surface area contributed by atoms with Crippen molar-refractivity contribution in [2.45, 2.75) is 0 Å². The first-order valence-electron chi connectivity index (χ1n) is 5.90. The summed E-state index contributed by atoms with van der Waals surface area (Å²) in [5.41, 5.74) is 1.14. The Morgan fingerprint density at radius 3 is 2.71 bits per heavy atom. The Bertz CT molecular complexity index is 739. The van der Waals surface area contributed by atoms with Gasteiger partial charge in [-0.1, -0.05) is 29.3 Å². The quantitative estimate of drug-likeness (QED) is 0.925. The monoisotopic (exact) mass is 320 g/mol. The number of amides is 1. The molecule has 1 N–H and O–H groups in total. The lowest BCUT2D eigenvalue weighted by molar-refractivity contribution is 0.102. The van der Waals surface area contributed by atoms with E-state index in [9.17, 15) is 4.79 Å². The second-order valence-corrected chi connectivity index (χ2v) is 4.87. The van der Waals surface area contributed by atoms with Gasteiger partial charge in [-0.15, -0.1) is 0 Å². The fourth-order valence-electron chi connectivity index (χ4n) is 1.73. The summed E-state index contributed by atoms with van der Waals surface area (Å²) in [5.74, 6) is -0.0222. The average Bonchev–Trinajstić information content (AvgIpc) is 2.50. The molecule has 0 aliphatic carbocycles. The van der Waals surface area contributed by atoms with Crippen LogP contribution in [0.25, 0.3) is 0 Å². The molecule has 0 radical (unpaired) electrons. The van der Waals surface area contributed by atoms with Crippen LogP contribution in [0.5, 0.6) is 5.75 Å². The number of benzene rings is 2. The van der Waals surface area contributed by atoms with E-state index in [2.05, 4.69) is 5.32 Å². The molecule has 0 aliphatic rings. The summed E-state index contributed by atoms with van der Waals surface area (Å²) in [6.07, 6.45) is 0. The first-order chi connectivity index (χ1) is 10.1. The maximum absolute atomic E-state index is 12.2. The molecule has 0 bridgehead atoms. The predicted octanol–water partition coefficient (Wildman–Crippen LogP) is 4.13. The summed E-state index contributed by atoms with van der Waals surface area (Å²) in [4.78, 5) is 12.2. The molecular weight excluding hydrogens is 311 g/mol. The number of halogens is 2. The Balaban J connectivity index is 2.32. The summed E-state index contributed by atoms with van der Waals surface area (Å²) < 4.78 is 5.15. The fraction of sp³-hybridized carbons (Fsp3) is 0.0667. The number of nitrogens with zero attached hydrogens (tertiary/aromatic N) is 1. The summed E-state index contributed by atoms with van der Waals surface area (Å²) in [6.45, 7) is 0. The smallest absolute Gasteiger partial charge is 0.257 e. The topological polar surface area (TPSA) is 62.1 Å². The van der Waals surface area contributed by atoms with Crippen LogP contribution in [-0.2, 0) is 0 Å².